The van der Waals surface area contributed by atoms with Gasteiger partial charge in [-0.05, 0) is 63.2 Å². The molecule has 2 aromatic rings. The second-order valence-corrected chi connectivity index (χ2v) is 8.26. The third-order valence-corrected chi connectivity index (χ3v) is 6.46. The molecule has 0 aromatic carbocycles. The van der Waals surface area contributed by atoms with Gasteiger partial charge in [0.05, 0.1) is 12.1 Å². The van der Waals surface area contributed by atoms with E-state index < -0.39 is 0 Å². The number of piperidine rings is 2. The van der Waals surface area contributed by atoms with Crippen LogP contribution in [0.4, 0.5) is 0 Å². The second-order valence-electron chi connectivity index (χ2n) is 7.35. The quantitative estimate of drug-likeness (QED) is 0.925. The van der Waals surface area contributed by atoms with Crippen LogP contribution in [0, 0.1) is 5.92 Å². The summed E-state index contributed by atoms with van der Waals surface area (Å²) in [4.78, 5) is 24.7. The van der Waals surface area contributed by atoms with E-state index in [2.05, 4.69) is 26.8 Å². The molecule has 6 heteroatoms. The molecule has 2 atom stereocenters. The number of rotatable bonds is 4. The van der Waals surface area contributed by atoms with Crippen molar-refractivity contribution in [1.29, 1.82) is 0 Å². The first kappa shape index (κ1) is 16.2. The van der Waals surface area contributed by atoms with Crippen molar-refractivity contribution in [2.24, 2.45) is 5.92 Å². The van der Waals surface area contributed by atoms with Gasteiger partial charge < -0.3 is 9.88 Å². The molecule has 1 N–H and O–H groups in total. The minimum Gasteiger partial charge on any atom is -0.308 e. The van der Waals surface area contributed by atoms with Crippen LogP contribution in [0.15, 0.2) is 16.2 Å². The van der Waals surface area contributed by atoms with Crippen molar-refractivity contribution in [3.8, 4) is 0 Å². The van der Waals surface area contributed by atoms with Gasteiger partial charge in [-0.25, -0.2) is 4.98 Å². The molecule has 24 heavy (non-hydrogen) atoms. The molecule has 0 unspecified atom stereocenters. The van der Waals surface area contributed by atoms with E-state index in [0.29, 0.717) is 6.54 Å². The summed E-state index contributed by atoms with van der Waals surface area (Å²) < 4.78 is 0.728. The molecule has 0 spiro atoms. The third kappa shape index (κ3) is 3.27. The Balaban J connectivity index is 1.43. The number of aromatic amines is 1. The molecule has 5 nitrogen and oxygen atoms in total. The molecule has 0 bridgehead atoms. The molecule has 130 valence electrons. The molecule has 0 saturated carbocycles. The lowest BCUT2D eigenvalue weighted by Crippen LogP contribution is -2.50. The smallest absolute Gasteiger partial charge is 0.268 e. The minimum absolute atomic E-state index is 0.00507. The summed E-state index contributed by atoms with van der Waals surface area (Å²) in [5.41, 5.74) is 0.817. The molecule has 2 aliphatic rings. The molecule has 2 saturated heterocycles. The summed E-state index contributed by atoms with van der Waals surface area (Å²) in [6.45, 7) is 4.37. The topological polar surface area (TPSA) is 52.2 Å². The van der Waals surface area contributed by atoms with E-state index >= 15 is 0 Å². The van der Waals surface area contributed by atoms with E-state index in [4.69, 9.17) is 0 Å². The summed E-state index contributed by atoms with van der Waals surface area (Å²) in [7, 11) is 2.15. The SMILES string of the molecule is CN(Cc1nc2ccsc2c(=O)[nH]1)C[C@@H]1CCCN2CCCC[C@H]12. The lowest BCUT2D eigenvalue weighted by atomic mass is 9.83. The summed E-state index contributed by atoms with van der Waals surface area (Å²) in [6.07, 6.45) is 6.76. The number of nitrogens with zero attached hydrogens (tertiary/aromatic N) is 3. The van der Waals surface area contributed by atoms with Gasteiger partial charge in [-0.3, -0.25) is 9.69 Å². The molecule has 4 heterocycles. The standard InChI is InChI=1S/C18H26N4OS/c1-21(11-13-5-4-9-22-8-3-2-6-15(13)22)12-16-19-14-7-10-24-17(14)18(23)20-16/h7,10,13,15H,2-6,8-9,11-12H2,1H3,(H,19,20,23)/t13-,15+/m0/s1. The van der Waals surface area contributed by atoms with Crippen LogP contribution in [0.25, 0.3) is 10.2 Å². The predicted molar refractivity (Wildman–Crippen MR) is 98.5 cm³/mol. The van der Waals surface area contributed by atoms with E-state index in [1.807, 2.05) is 11.4 Å². The van der Waals surface area contributed by atoms with Crippen molar-refractivity contribution in [3.63, 3.8) is 0 Å². The maximum atomic E-state index is 12.1. The van der Waals surface area contributed by atoms with Gasteiger partial charge >= 0.3 is 0 Å². The normalized spacial score (nSPS) is 25.2. The lowest BCUT2D eigenvalue weighted by Gasteiger charge is -2.45. The van der Waals surface area contributed by atoms with Crippen LogP contribution in [0.1, 0.15) is 37.9 Å². The first-order chi connectivity index (χ1) is 11.7. The Morgan fingerprint density at radius 2 is 2.21 bits per heavy atom. The van der Waals surface area contributed by atoms with Crippen LogP contribution in [0.3, 0.4) is 0 Å². The Labute approximate surface area is 146 Å². The van der Waals surface area contributed by atoms with Crippen LogP contribution in [0.5, 0.6) is 0 Å². The van der Waals surface area contributed by atoms with Crippen molar-refractivity contribution >= 4 is 21.6 Å². The van der Waals surface area contributed by atoms with Gasteiger partial charge in [0.2, 0.25) is 0 Å². The Morgan fingerprint density at radius 1 is 1.33 bits per heavy atom. The van der Waals surface area contributed by atoms with Crippen molar-refractivity contribution in [3.05, 3.63) is 27.6 Å². The number of thiophene rings is 1. The van der Waals surface area contributed by atoms with Gasteiger partial charge in [-0.1, -0.05) is 6.42 Å². The van der Waals surface area contributed by atoms with Crippen LogP contribution >= 0.6 is 11.3 Å². The number of H-pyrrole nitrogens is 1. The summed E-state index contributed by atoms with van der Waals surface area (Å²) in [6, 6.07) is 2.70. The van der Waals surface area contributed by atoms with E-state index in [9.17, 15) is 4.79 Å². The largest absolute Gasteiger partial charge is 0.308 e. The van der Waals surface area contributed by atoms with E-state index in [1.54, 1.807) is 0 Å². The monoisotopic (exact) mass is 346 g/mol. The van der Waals surface area contributed by atoms with Crippen molar-refractivity contribution in [2.45, 2.75) is 44.7 Å². The molecular formula is C18H26N4OS. The average molecular weight is 347 g/mol. The molecule has 0 radical (unpaired) electrons. The number of fused-ring (bicyclic) bond motifs is 2. The van der Waals surface area contributed by atoms with Crippen LogP contribution in [-0.4, -0.2) is 52.5 Å². The highest BCUT2D eigenvalue weighted by molar-refractivity contribution is 7.17. The number of nitrogens with one attached hydrogen (secondary N) is 1. The Morgan fingerprint density at radius 3 is 3.12 bits per heavy atom. The average Bonchev–Trinajstić information content (AvgIpc) is 3.04. The Bertz CT molecular complexity index is 753. The van der Waals surface area contributed by atoms with Gasteiger partial charge in [-0.15, -0.1) is 11.3 Å². The zero-order valence-corrected chi connectivity index (χ0v) is 15.1. The van der Waals surface area contributed by atoms with Gasteiger partial charge in [0, 0.05) is 12.6 Å². The molecule has 2 fully saturated rings. The van der Waals surface area contributed by atoms with Crippen LogP contribution in [0.2, 0.25) is 0 Å². The Hall–Kier alpha value is -1.24. The highest BCUT2D eigenvalue weighted by atomic mass is 32.1. The van der Waals surface area contributed by atoms with Crippen LogP contribution in [-0.2, 0) is 6.54 Å². The van der Waals surface area contributed by atoms with Crippen molar-refractivity contribution < 1.29 is 0 Å². The Kier molecular flexibility index (Phi) is 4.70. The fourth-order valence-corrected chi connectivity index (χ4v) is 5.23. The molecule has 0 aliphatic carbocycles. The number of hydrogen-bond acceptors (Lipinski definition) is 5. The third-order valence-electron chi connectivity index (χ3n) is 5.56. The highest BCUT2D eigenvalue weighted by Gasteiger charge is 2.33. The molecule has 2 aliphatic heterocycles. The maximum Gasteiger partial charge on any atom is 0.268 e. The number of aromatic nitrogens is 2. The van der Waals surface area contributed by atoms with E-state index in [-0.39, 0.29) is 5.56 Å². The first-order valence-corrected chi connectivity index (χ1v) is 9.97. The second kappa shape index (κ2) is 6.94. The highest BCUT2D eigenvalue weighted by Crippen LogP contribution is 2.31. The molecule has 0 amide bonds. The van der Waals surface area contributed by atoms with E-state index in [1.165, 1.54) is 56.5 Å². The zero-order chi connectivity index (χ0) is 16.5. The van der Waals surface area contributed by atoms with Crippen molar-refractivity contribution in [2.75, 3.05) is 26.7 Å². The van der Waals surface area contributed by atoms with Crippen LogP contribution < -0.4 is 5.56 Å². The zero-order valence-electron chi connectivity index (χ0n) is 14.3. The number of hydrogen-bond donors (Lipinski definition) is 1. The van der Waals surface area contributed by atoms with Gasteiger partial charge in [0.25, 0.3) is 5.56 Å². The summed E-state index contributed by atoms with van der Waals surface area (Å²) in [5.74, 6) is 1.53. The molecule has 2 aromatic heterocycles. The van der Waals surface area contributed by atoms with Gasteiger partial charge in [-0.2, -0.15) is 0 Å². The molecule has 4 rings (SSSR count). The van der Waals surface area contributed by atoms with Gasteiger partial charge in [0.15, 0.2) is 0 Å². The first-order valence-electron chi connectivity index (χ1n) is 9.10. The fourth-order valence-electron chi connectivity index (χ4n) is 4.51. The molecular weight excluding hydrogens is 320 g/mol. The fraction of sp³-hybridized carbons (Fsp3) is 0.667. The van der Waals surface area contributed by atoms with Crippen molar-refractivity contribution in [1.82, 2.24) is 19.8 Å². The minimum atomic E-state index is -0.00507. The summed E-state index contributed by atoms with van der Waals surface area (Å²) >= 11 is 1.46. The summed E-state index contributed by atoms with van der Waals surface area (Å²) in [5, 5.41) is 1.93. The maximum absolute atomic E-state index is 12.1. The van der Waals surface area contributed by atoms with Gasteiger partial charge in [0.1, 0.15) is 10.5 Å². The van der Waals surface area contributed by atoms with E-state index in [0.717, 1.165) is 34.5 Å². The lowest BCUT2D eigenvalue weighted by molar-refractivity contribution is 0.0431. The predicted octanol–water partition coefficient (Wildman–Crippen LogP) is 2.68.